The Morgan fingerprint density at radius 2 is 2.00 bits per heavy atom. The van der Waals surface area contributed by atoms with Crippen LogP contribution in [0.3, 0.4) is 0 Å². The van der Waals surface area contributed by atoms with Crippen molar-refractivity contribution in [2.24, 2.45) is 5.41 Å². The van der Waals surface area contributed by atoms with E-state index in [0.717, 1.165) is 0 Å². The molecule has 3 heteroatoms. The van der Waals surface area contributed by atoms with Crippen LogP contribution in [0.4, 0.5) is 0 Å². The third kappa shape index (κ3) is 3.99. The molecule has 0 aromatic heterocycles. The summed E-state index contributed by atoms with van der Waals surface area (Å²) in [5.74, 6) is 3.96. The number of hydrogen-bond acceptors (Lipinski definition) is 3. The van der Waals surface area contributed by atoms with Crippen molar-refractivity contribution in [3.63, 3.8) is 0 Å². The molecule has 12 heavy (non-hydrogen) atoms. The van der Waals surface area contributed by atoms with Gasteiger partial charge in [0.1, 0.15) is 6.10 Å². The van der Waals surface area contributed by atoms with Gasteiger partial charge in [-0.15, -0.1) is 0 Å². The van der Waals surface area contributed by atoms with Crippen molar-refractivity contribution in [3.8, 4) is 11.8 Å². The van der Waals surface area contributed by atoms with Crippen LogP contribution < -0.4 is 0 Å². The standard InChI is InChI=1S/C9H14O3/c1-9(2,3)7(10)5-6-8(11)12-4/h7,10H,1-4H3/t7-/m1/s1. The third-order valence-corrected chi connectivity index (χ3v) is 1.32. The fourth-order valence-corrected chi connectivity index (χ4v) is 0.395. The van der Waals surface area contributed by atoms with Gasteiger partial charge >= 0.3 is 5.97 Å². The molecule has 0 heterocycles. The van der Waals surface area contributed by atoms with Crippen molar-refractivity contribution < 1.29 is 14.6 Å². The predicted molar refractivity (Wildman–Crippen MR) is 45.3 cm³/mol. The molecule has 0 unspecified atom stereocenters. The summed E-state index contributed by atoms with van der Waals surface area (Å²) in [7, 11) is 1.25. The molecule has 0 saturated heterocycles. The second-order valence-electron chi connectivity index (χ2n) is 3.53. The van der Waals surface area contributed by atoms with Crippen LogP contribution in [-0.4, -0.2) is 24.3 Å². The lowest BCUT2D eigenvalue weighted by molar-refractivity contribution is -0.133. The molecule has 0 fully saturated rings. The number of esters is 1. The van der Waals surface area contributed by atoms with Crippen LogP contribution in [0.15, 0.2) is 0 Å². The average molecular weight is 170 g/mol. The zero-order chi connectivity index (χ0) is 9.78. The summed E-state index contributed by atoms with van der Waals surface area (Å²) in [6, 6.07) is 0. The first-order valence-electron chi connectivity index (χ1n) is 3.65. The highest BCUT2D eigenvalue weighted by atomic mass is 16.5. The molecule has 0 amide bonds. The van der Waals surface area contributed by atoms with Crippen molar-refractivity contribution in [2.75, 3.05) is 7.11 Å². The molecule has 0 spiro atoms. The van der Waals surface area contributed by atoms with Crippen molar-refractivity contribution in [2.45, 2.75) is 26.9 Å². The van der Waals surface area contributed by atoms with Gasteiger partial charge in [0, 0.05) is 5.92 Å². The van der Waals surface area contributed by atoms with Crippen molar-refractivity contribution in [1.29, 1.82) is 0 Å². The molecule has 0 aromatic carbocycles. The Balaban J connectivity index is 4.23. The smallest absolute Gasteiger partial charge is 0.384 e. The third-order valence-electron chi connectivity index (χ3n) is 1.32. The number of rotatable bonds is 0. The summed E-state index contributed by atoms with van der Waals surface area (Å²) in [5, 5.41) is 9.35. The van der Waals surface area contributed by atoms with Crippen molar-refractivity contribution in [1.82, 2.24) is 0 Å². The fourth-order valence-electron chi connectivity index (χ4n) is 0.395. The number of carbonyl (C=O) groups is 1. The molecule has 0 aliphatic heterocycles. The van der Waals surface area contributed by atoms with Gasteiger partial charge in [-0.3, -0.25) is 0 Å². The highest BCUT2D eigenvalue weighted by molar-refractivity contribution is 5.88. The van der Waals surface area contributed by atoms with E-state index < -0.39 is 12.1 Å². The van der Waals surface area contributed by atoms with E-state index in [9.17, 15) is 9.90 Å². The van der Waals surface area contributed by atoms with Crippen molar-refractivity contribution in [3.05, 3.63) is 0 Å². The number of ether oxygens (including phenoxy) is 1. The lowest BCUT2D eigenvalue weighted by Crippen LogP contribution is -2.24. The van der Waals surface area contributed by atoms with E-state index in [-0.39, 0.29) is 5.41 Å². The van der Waals surface area contributed by atoms with Crippen LogP contribution in [0.2, 0.25) is 0 Å². The van der Waals surface area contributed by atoms with E-state index in [2.05, 4.69) is 16.6 Å². The molecule has 3 nitrogen and oxygen atoms in total. The topological polar surface area (TPSA) is 46.5 Å². The molecule has 0 rings (SSSR count). The first-order chi connectivity index (χ1) is 5.38. The second-order valence-corrected chi connectivity index (χ2v) is 3.53. The Hall–Kier alpha value is -1.01. The summed E-state index contributed by atoms with van der Waals surface area (Å²) in [6.07, 6.45) is -0.809. The van der Waals surface area contributed by atoms with Gasteiger partial charge in [0.25, 0.3) is 0 Å². The van der Waals surface area contributed by atoms with Crippen LogP contribution in [0, 0.1) is 17.3 Å². The minimum Gasteiger partial charge on any atom is -0.459 e. The molecule has 0 bridgehead atoms. The molecule has 1 atom stereocenters. The zero-order valence-corrected chi connectivity index (χ0v) is 7.84. The van der Waals surface area contributed by atoms with Gasteiger partial charge in [-0.05, 0) is 5.41 Å². The maximum atomic E-state index is 10.5. The van der Waals surface area contributed by atoms with E-state index in [4.69, 9.17) is 0 Å². The quantitative estimate of drug-likeness (QED) is 0.328. The largest absolute Gasteiger partial charge is 0.459 e. The monoisotopic (exact) mass is 170 g/mol. The molecule has 68 valence electrons. The Morgan fingerprint density at radius 3 is 2.33 bits per heavy atom. The van der Waals surface area contributed by atoms with E-state index in [1.165, 1.54) is 7.11 Å². The minimum absolute atomic E-state index is 0.332. The molecule has 0 aromatic rings. The predicted octanol–water partition coefficient (Wildman–Crippen LogP) is 0.570. The molecular weight excluding hydrogens is 156 g/mol. The molecular formula is C9H14O3. The highest BCUT2D eigenvalue weighted by Crippen LogP contribution is 2.17. The number of methoxy groups -OCH3 is 1. The van der Waals surface area contributed by atoms with Gasteiger partial charge in [0.05, 0.1) is 7.11 Å². The Morgan fingerprint density at radius 1 is 1.50 bits per heavy atom. The first kappa shape index (κ1) is 11.0. The SMILES string of the molecule is COC(=O)C#C[C@@H](O)C(C)(C)C. The van der Waals surface area contributed by atoms with Gasteiger partial charge in [-0.1, -0.05) is 26.7 Å². The summed E-state index contributed by atoms with van der Waals surface area (Å²) < 4.78 is 4.29. The van der Waals surface area contributed by atoms with Crippen LogP contribution in [0.25, 0.3) is 0 Å². The molecule has 0 saturated carbocycles. The second kappa shape index (κ2) is 4.13. The summed E-state index contributed by atoms with van der Waals surface area (Å²) in [4.78, 5) is 10.5. The number of carbonyl (C=O) groups excluding carboxylic acids is 1. The highest BCUT2D eigenvalue weighted by Gasteiger charge is 2.19. The summed E-state index contributed by atoms with van der Waals surface area (Å²) in [5.41, 5.74) is -0.332. The lowest BCUT2D eigenvalue weighted by Gasteiger charge is -2.20. The van der Waals surface area contributed by atoms with E-state index >= 15 is 0 Å². The number of aliphatic hydroxyl groups is 1. The molecule has 1 N–H and O–H groups in total. The normalized spacial score (nSPS) is 12.8. The van der Waals surface area contributed by atoms with Crippen LogP contribution in [-0.2, 0) is 9.53 Å². The zero-order valence-electron chi connectivity index (χ0n) is 7.84. The van der Waals surface area contributed by atoms with E-state index in [0.29, 0.717) is 0 Å². The van der Waals surface area contributed by atoms with Gasteiger partial charge in [-0.25, -0.2) is 4.79 Å². The Bertz CT molecular complexity index is 214. The van der Waals surface area contributed by atoms with Gasteiger partial charge < -0.3 is 9.84 Å². The Kier molecular flexibility index (Phi) is 3.78. The van der Waals surface area contributed by atoms with Gasteiger partial charge in [-0.2, -0.15) is 0 Å². The van der Waals surface area contributed by atoms with E-state index in [1.807, 2.05) is 20.8 Å². The van der Waals surface area contributed by atoms with Gasteiger partial charge in [0.2, 0.25) is 0 Å². The maximum Gasteiger partial charge on any atom is 0.384 e. The summed E-state index contributed by atoms with van der Waals surface area (Å²) in [6.45, 7) is 5.51. The molecule has 0 aliphatic carbocycles. The average Bonchev–Trinajstić information content (AvgIpc) is 1.97. The Labute approximate surface area is 72.7 Å². The first-order valence-corrected chi connectivity index (χ1v) is 3.65. The van der Waals surface area contributed by atoms with Crippen LogP contribution in [0.5, 0.6) is 0 Å². The van der Waals surface area contributed by atoms with Crippen molar-refractivity contribution >= 4 is 5.97 Å². The maximum absolute atomic E-state index is 10.5. The lowest BCUT2D eigenvalue weighted by atomic mass is 9.90. The van der Waals surface area contributed by atoms with Crippen LogP contribution >= 0.6 is 0 Å². The molecule has 0 radical (unpaired) electrons. The number of hydrogen-bond donors (Lipinski definition) is 1. The summed E-state index contributed by atoms with van der Waals surface area (Å²) >= 11 is 0. The minimum atomic E-state index is -0.809. The number of aliphatic hydroxyl groups excluding tert-OH is 1. The molecule has 0 aliphatic rings. The fraction of sp³-hybridized carbons (Fsp3) is 0.667. The van der Waals surface area contributed by atoms with E-state index in [1.54, 1.807) is 0 Å². The van der Waals surface area contributed by atoms with Gasteiger partial charge in [0.15, 0.2) is 0 Å². The van der Waals surface area contributed by atoms with Crippen LogP contribution in [0.1, 0.15) is 20.8 Å².